The maximum atomic E-state index is 2.61. The number of hydrogen-bond donors (Lipinski definition) is 0. The molecule has 0 aromatic carbocycles. The third kappa shape index (κ3) is 0.842. The van der Waals surface area contributed by atoms with Crippen LogP contribution < -0.4 is 0 Å². The first-order chi connectivity index (χ1) is 7.52. The van der Waals surface area contributed by atoms with Crippen LogP contribution in [0.1, 0.15) is 53.4 Å². The Balaban J connectivity index is 1.70. The second-order valence-electron chi connectivity index (χ2n) is 8.11. The largest absolute Gasteiger partial charge is 0.0625 e. The molecule has 0 aromatic heterocycles. The summed E-state index contributed by atoms with van der Waals surface area (Å²) < 4.78 is 0. The van der Waals surface area contributed by atoms with E-state index in [1.54, 1.807) is 12.8 Å². The predicted octanol–water partition coefficient (Wildman–Crippen LogP) is 4.35. The highest BCUT2D eigenvalue weighted by molar-refractivity contribution is 5.32. The Hall–Kier alpha value is 0. The molecule has 90 valence electrons. The second kappa shape index (κ2) is 2.54. The highest BCUT2D eigenvalue weighted by Crippen LogP contribution is 2.90. The van der Waals surface area contributed by atoms with Gasteiger partial charge >= 0.3 is 0 Å². The van der Waals surface area contributed by atoms with Crippen LogP contribution in [0.3, 0.4) is 0 Å². The SMILES string of the molecule is CC(C)C1CC[C@H](C)[C@]23CC4C[C@]4(C)C2C13. The maximum Gasteiger partial charge on any atom is -0.0198 e. The van der Waals surface area contributed by atoms with Gasteiger partial charge in [0.15, 0.2) is 0 Å². The van der Waals surface area contributed by atoms with Gasteiger partial charge in [-0.1, -0.05) is 27.7 Å². The van der Waals surface area contributed by atoms with Crippen LogP contribution in [-0.4, -0.2) is 0 Å². The summed E-state index contributed by atoms with van der Waals surface area (Å²) in [5.41, 5.74) is 1.67. The van der Waals surface area contributed by atoms with E-state index in [0.29, 0.717) is 0 Å². The summed E-state index contributed by atoms with van der Waals surface area (Å²) in [4.78, 5) is 0. The minimum atomic E-state index is 0.816. The van der Waals surface area contributed by atoms with Gasteiger partial charge in [0.1, 0.15) is 0 Å². The first-order valence-electron chi connectivity index (χ1n) is 7.52. The molecule has 0 saturated heterocycles. The van der Waals surface area contributed by atoms with Gasteiger partial charge in [0.2, 0.25) is 0 Å². The zero-order chi connectivity index (χ0) is 11.3. The quantitative estimate of drug-likeness (QED) is 0.614. The van der Waals surface area contributed by atoms with E-state index in [2.05, 4.69) is 27.7 Å². The van der Waals surface area contributed by atoms with Crippen LogP contribution in [0.25, 0.3) is 0 Å². The molecule has 7 atom stereocenters. The van der Waals surface area contributed by atoms with E-state index in [-0.39, 0.29) is 0 Å². The van der Waals surface area contributed by atoms with Gasteiger partial charge in [0.05, 0.1) is 0 Å². The van der Waals surface area contributed by atoms with E-state index < -0.39 is 0 Å². The van der Waals surface area contributed by atoms with Crippen molar-refractivity contribution in [3.05, 3.63) is 0 Å². The lowest BCUT2D eigenvalue weighted by Crippen LogP contribution is -2.28. The van der Waals surface area contributed by atoms with Gasteiger partial charge in [-0.2, -0.15) is 0 Å². The molecule has 0 bridgehead atoms. The van der Waals surface area contributed by atoms with Crippen molar-refractivity contribution in [3.8, 4) is 0 Å². The molecule has 0 nitrogen and oxygen atoms in total. The van der Waals surface area contributed by atoms with Crippen molar-refractivity contribution in [2.45, 2.75) is 53.4 Å². The van der Waals surface area contributed by atoms with E-state index in [1.165, 1.54) is 12.8 Å². The minimum Gasteiger partial charge on any atom is -0.0625 e. The van der Waals surface area contributed by atoms with Crippen LogP contribution in [0.4, 0.5) is 0 Å². The summed E-state index contributed by atoms with van der Waals surface area (Å²) in [7, 11) is 0. The van der Waals surface area contributed by atoms with Crippen molar-refractivity contribution in [2.75, 3.05) is 0 Å². The van der Waals surface area contributed by atoms with Gasteiger partial charge in [-0.15, -0.1) is 0 Å². The summed E-state index contributed by atoms with van der Waals surface area (Å²) >= 11 is 0. The van der Waals surface area contributed by atoms with Crippen molar-refractivity contribution in [3.63, 3.8) is 0 Å². The predicted molar refractivity (Wildman–Crippen MR) is 67.0 cm³/mol. The van der Waals surface area contributed by atoms with Gasteiger partial charge < -0.3 is 0 Å². The van der Waals surface area contributed by atoms with Crippen LogP contribution in [0.2, 0.25) is 0 Å². The molecule has 0 heteroatoms. The standard InChI is InChI=1S/C16H26/c1-9(2)12-6-5-10(3)16-8-11-7-15(11,4)14(16)13(12)16/h9-14H,5-8H2,1-4H3/t10-,11?,12?,13?,14?,15-,16-/m0/s1. The van der Waals surface area contributed by atoms with Gasteiger partial charge in [0, 0.05) is 0 Å². The molecule has 4 aliphatic carbocycles. The molecule has 4 rings (SSSR count). The van der Waals surface area contributed by atoms with E-state index in [9.17, 15) is 0 Å². The van der Waals surface area contributed by atoms with Crippen molar-refractivity contribution in [1.29, 1.82) is 0 Å². The molecule has 0 heterocycles. The highest BCUT2D eigenvalue weighted by Gasteiger charge is 2.85. The molecule has 4 aliphatic rings. The highest BCUT2D eigenvalue weighted by atomic mass is 14.9. The zero-order valence-electron chi connectivity index (χ0n) is 11.3. The zero-order valence-corrected chi connectivity index (χ0v) is 11.3. The Labute approximate surface area is 100 Å². The number of fused-ring (bicyclic) bond motifs is 3. The fourth-order valence-electron chi connectivity index (χ4n) is 6.48. The second-order valence-corrected chi connectivity index (χ2v) is 8.11. The molecule has 0 amide bonds. The summed E-state index contributed by atoms with van der Waals surface area (Å²) in [5, 5.41) is 0. The van der Waals surface area contributed by atoms with Gasteiger partial charge in [-0.3, -0.25) is 0 Å². The Morgan fingerprint density at radius 1 is 1.12 bits per heavy atom. The minimum absolute atomic E-state index is 0.816. The summed E-state index contributed by atoms with van der Waals surface area (Å²) in [6.45, 7) is 10.1. The van der Waals surface area contributed by atoms with E-state index in [4.69, 9.17) is 0 Å². The van der Waals surface area contributed by atoms with Crippen LogP contribution >= 0.6 is 0 Å². The summed E-state index contributed by atoms with van der Waals surface area (Å²) in [5.74, 6) is 6.47. The monoisotopic (exact) mass is 218 g/mol. The van der Waals surface area contributed by atoms with Crippen molar-refractivity contribution in [2.24, 2.45) is 46.3 Å². The molecule has 0 radical (unpaired) electrons. The Kier molecular flexibility index (Phi) is 1.59. The lowest BCUT2D eigenvalue weighted by atomic mass is 9.69. The molecule has 16 heavy (non-hydrogen) atoms. The molecular weight excluding hydrogens is 192 g/mol. The third-order valence-electron chi connectivity index (χ3n) is 7.39. The first kappa shape index (κ1) is 9.97. The lowest BCUT2D eigenvalue weighted by molar-refractivity contribution is 0.136. The summed E-state index contributed by atoms with van der Waals surface area (Å²) in [6, 6.07) is 0. The molecule has 4 unspecified atom stereocenters. The lowest BCUT2D eigenvalue weighted by Gasteiger charge is -2.35. The Bertz CT molecular complexity index is 344. The Morgan fingerprint density at radius 3 is 2.56 bits per heavy atom. The fourth-order valence-corrected chi connectivity index (χ4v) is 6.48. The molecule has 4 saturated carbocycles. The van der Waals surface area contributed by atoms with Crippen molar-refractivity contribution in [1.82, 2.24) is 0 Å². The van der Waals surface area contributed by atoms with Gasteiger partial charge in [0.25, 0.3) is 0 Å². The smallest absolute Gasteiger partial charge is 0.0198 e. The van der Waals surface area contributed by atoms with Crippen LogP contribution in [0, 0.1) is 46.3 Å². The normalized spacial score (nSPS) is 66.2. The molecule has 4 fully saturated rings. The van der Waals surface area contributed by atoms with Crippen LogP contribution in [-0.2, 0) is 0 Å². The van der Waals surface area contributed by atoms with E-state index in [0.717, 1.165) is 46.3 Å². The molecule has 1 spiro atoms. The van der Waals surface area contributed by atoms with Crippen molar-refractivity contribution < 1.29 is 0 Å². The average Bonchev–Trinajstić information content (AvgIpc) is 3.03. The van der Waals surface area contributed by atoms with Crippen LogP contribution in [0.15, 0.2) is 0 Å². The van der Waals surface area contributed by atoms with E-state index in [1.807, 2.05) is 0 Å². The summed E-state index contributed by atoms with van der Waals surface area (Å²) in [6.07, 6.45) is 6.25. The molecule has 0 aliphatic heterocycles. The number of hydrogen-bond acceptors (Lipinski definition) is 0. The molecule has 0 N–H and O–H groups in total. The Morgan fingerprint density at radius 2 is 1.88 bits per heavy atom. The number of rotatable bonds is 1. The topological polar surface area (TPSA) is 0 Å². The maximum absolute atomic E-state index is 2.61. The van der Waals surface area contributed by atoms with E-state index >= 15 is 0 Å². The molecule has 0 aromatic rings. The fraction of sp³-hybridized carbons (Fsp3) is 1.00. The van der Waals surface area contributed by atoms with Crippen LogP contribution in [0.5, 0.6) is 0 Å². The van der Waals surface area contributed by atoms with Gasteiger partial charge in [-0.05, 0) is 72.0 Å². The average molecular weight is 218 g/mol. The first-order valence-corrected chi connectivity index (χ1v) is 7.52. The van der Waals surface area contributed by atoms with Crippen molar-refractivity contribution >= 4 is 0 Å². The third-order valence-corrected chi connectivity index (χ3v) is 7.39. The van der Waals surface area contributed by atoms with Gasteiger partial charge in [-0.25, -0.2) is 0 Å². The molecular formula is C16H26.